The monoisotopic (exact) mass is 423 g/mol. The number of amides is 1. The van der Waals surface area contributed by atoms with Gasteiger partial charge in [0.1, 0.15) is 11.4 Å². The highest BCUT2D eigenvalue weighted by Crippen LogP contribution is 2.39. The van der Waals surface area contributed by atoms with Gasteiger partial charge in [-0.15, -0.1) is 0 Å². The van der Waals surface area contributed by atoms with Gasteiger partial charge < -0.3 is 15.2 Å². The Kier molecular flexibility index (Phi) is 7.07. The number of rotatable bonds is 8. The Morgan fingerprint density at radius 3 is 2.65 bits per heavy atom. The van der Waals surface area contributed by atoms with E-state index >= 15 is 0 Å². The number of anilines is 1. The minimum atomic E-state index is -1.03. The Morgan fingerprint density at radius 1 is 1.26 bits per heavy atom. The van der Waals surface area contributed by atoms with Gasteiger partial charge in [-0.05, 0) is 74.4 Å². The van der Waals surface area contributed by atoms with Crippen molar-refractivity contribution in [2.75, 3.05) is 18.4 Å². The molecule has 1 fully saturated rings. The summed E-state index contributed by atoms with van der Waals surface area (Å²) in [6.45, 7) is 5.72. The van der Waals surface area contributed by atoms with Gasteiger partial charge in [0.2, 0.25) is 0 Å². The average Bonchev–Trinajstić information content (AvgIpc) is 3.14. The Bertz CT molecular complexity index is 918. The minimum Gasteiger partial charge on any atom is -0.478 e. The molecule has 7 heteroatoms. The van der Waals surface area contributed by atoms with Gasteiger partial charge >= 0.3 is 12.1 Å². The highest BCUT2D eigenvalue weighted by Gasteiger charge is 2.40. The maximum Gasteiger partial charge on any atom is 0.413 e. The van der Waals surface area contributed by atoms with Crippen LogP contribution in [-0.4, -0.2) is 40.8 Å². The van der Waals surface area contributed by atoms with Gasteiger partial charge in [-0.25, -0.2) is 14.6 Å². The minimum absolute atomic E-state index is 0.0293. The summed E-state index contributed by atoms with van der Waals surface area (Å²) in [6.07, 6.45) is 6.09. The van der Waals surface area contributed by atoms with E-state index in [4.69, 9.17) is 9.84 Å². The number of carboxylic acid groups (broad SMARTS) is 1. The zero-order chi connectivity index (χ0) is 22.3. The molecule has 7 nitrogen and oxygen atoms in total. The zero-order valence-electron chi connectivity index (χ0n) is 17.9. The number of hydrogen-bond donors (Lipinski definition) is 3. The van der Waals surface area contributed by atoms with Crippen LogP contribution in [0.4, 0.5) is 10.6 Å². The van der Waals surface area contributed by atoms with Gasteiger partial charge in [-0.3, -0.25) is 5.32 Å². The number of carbonyl (C=O) groups is 2. The summed E-state index contributed by atoms with van der Waals surface area (Å²) in [7, 11) is 0. The molecular weight excluding hydrogens is 394 g/mol. The number of pyridine rings is 1. The fourth-order valence-electron chi connectivity index (χ4n) is 4.25. The molecule has 0 radical (unpaired) electrons. The Balaban J connectivity index is 1.60. The first kappa shape index (κ1) is 22.5. The standard InChI is InChI=1S/C24H29N3O4/c1-23(2,16-24(12-13-25-17-24)14-18-6-4-3-5-7-18)31-22(30)27-20-10-8-19(15-26-20)9-11-21(28)29/h3-11,15,25H,12-14,16-17H2,1-2H3,(H,28,29)(H,26,27,30)/b11-9+/t24-/m0/s1. The van der Waals surface area contributed by atoms with E-state index in [1.54, 1.807) is 12.1 Å². The quantitative estimate of drug-likeness (QED) is 0.552. The molecule has 164 valence electrons. The average molecular weight is 424 g/mol. The first-order valence-electron chi connectivity index (χ1n) is 10.4. The highest BCUT2D eigenvalue weighted by molar-refractivity contribution is 5.86. The van der Waals surface area contributed by atoms with Crippen molar-refractivity contribution < 1.29 is 19.4 Å². The molecule has 0 spiro atoms. The summed E-state index contributed by atoms with van der Waals surface area (Å²) < 4.78 is 5.77. The van der Waals surface area contributed by atoms with Crippen LogP contribution >= 0.6 is 0 Å². The van der Waals surface area contributed by atoms with E-state index in [-0.39, 0.29) is 5.41 Å². The van der Waals surface area contributed by atoms with Crippen LogP contribution < -0.4 is 10.6 Å². The predicted molar refractivity (Wildman–Crippen MR) is 120 cm³/mol. The molecule has 1 atom stereocenters. The van der Waals surface area contributed by atoms with E-state index in [1.807, 2.05) is 19.9 Å². The first-order chi connectivity index (χ1) is 14.8. The molecule has 1 saturated heterocycles. The number of aliphatic carboxylic acids is 1. The number of hydrogen-bond acceptors (Lipinski definition) is 5. The molecule has 0 aliphatic carbocycles. The molecule has 0 bridgehead atoms. The number of benzene rings is 1. The van der Waals surface area contributed by atoms with E-state index < -0.39 is 17.7 Å². The highest BCUT2D eigenvalue weighted by atomic mass is 16.6. The number of aromatic nitrogens is 1. The first-order valence-corrected chi connectivity index (χ1v) is 10.4. The molecule has 1 aliphatic rings. The van der Waals surface area contributed by atoms with E-state index in [0.717, 1.165) is 38.4 Å². The molecular formula is C24H29N3O4. The summed E-state index contributed by atoms with van der Waals surface area (Å²) in [6, 6.07) is 13.7. The van der Waals surface area contributed by atoms with Crippen LogP contribution in [0.25, 0.3) is 6.08 Å². The molecule has 1 amide bonds. The second-order valence-corrected chi connectivity index (χ2v) is 8.69. The third-order valence-corrected chi connectivity index (χ3v) is 5.36. The number of carboxylic acids is 1. The van der Waals surface area contributed by atoms with E-state index in [1.165, 1.54) is 17.8 Å². The molecule has 0 unspecified atom stereocenters. The third kappa shape index (κ3) is 6.93. The van der Waals surface area contributed by atoms with Crippen LogP contribution in [0, 0.1) is 5.41 Å². The molecule has 3 N–H and O–H groups in total. The van der Waals surface area contributed by atoms with Crippen LogP contribution in [0.5, 0.6) is 0 Å². The molecule has 1 aliphatic heterocycles. The van der Waals surface area contributed by atoms with Crippen molar-refractivity contribution in [3.63, 3.8) is 0 Å². The number of nitrogens with zero attached hydrogens (tertiary/aromatic N) is 1. The smallest absolute Gasteiger partial charge is 0.413 e. The second-order valence-electron chi connectivity index (χ2n) is 8.69. The SMILES string of the molecule is CC(C)(C[C@@]1(Cc2ccccc2)CCNC1)OC(=O)Nc1ccc(/C=C/C(=O)O)cn1. The fourth-order valence-corrected chi connectivity index (χ4v) is 4.25. The normalized spacial score (nSPS) is 18.8. The summed E-state index contributed by atoms with van der Waals surface area (Å²) in [5, 5.41) is 14.8. The van der Waals surface area contributed by atoms with E-state index in [9.17, 15) is 9.59 Å². The molecule has 2 heterocycles. The van der Waals surface area contributed by atoms with Crippen molar-refractivity contribution >= 4 is 24.0 Å². The third-order valence-electron chi connectivity index (χ3n) is 5.36. The van der Waals surface area contributed by atoms with Crippen molar-refractivity contribution in [3.05, 3.63) is 65.9 Å². The molecule has 1 aromatic carbocycles. The van der Waals surface area contributed by atoms with Gasteiger partial charge in [0.25, 0.3) is 0 Å². The number of nitrogens with one attached hydrogen (secondary N) is 2. The van der Waals surface area contributed by atoms with Gasteiger partial charge in [0, 0.05) is 18.8 Å². The molecule has 31 heavy (non-hydrogen) atoms. The van der Waals surface area contributed by atoms with Crippen LogP contribution in [0.15, 0.2) is 54.7 Å². The van der Waals surface area contributed by atoms with Crippen LogP contribution in [0.2, 0.25) is 0 Å². The Labute approximate surface area is 182 Å². The van der Waals surface area contributed by atoms with Gasteiger partial charge in [0.15, 0.2) is 0 Å². The number of carbonyl (C=O) groups excluding carboxylic acids is 1. The lowest BCUT2D eigenvalue weighted by molar-refractivity contribution is -0.131. The lowest BCUT2D eigenvalue weighted by atomic mass is 9.73. The van der Waals surface area contributed by atoms with Crippen LogP contribution in [-0.2, 0) is 16.0 Å². The summed E-state index contributed by atoms with van der Waals surface area (Å²) in [4.78, 5) is 27.2. The second kappa shape index (κ2) is 9.75. The molecule has 2 aromatic rings. The predicted octanol–water partition coefficient (Wildman–Crippen LogP) is 4.12. The van der Waals surface area contributed by atoms with Crippen LogP contribution in [0.3, 0.4) is 0 Å². The van der Waals surface area contributed by atoms with Gasteiger partial charge in [0.05, 0.1) is 0 Å². The van der Waals surface area contributed by atoms with Crippen molar-refractivity contribution in [2.24, 2.45) is 5.41 Å². The summed E-state index contributed by atoms with van der Waals surface area (Å²) in [5.74, 6) is -0.690. The van der Waals surface area contributed by atoms with Gasteiger partial charge in [-0.1, -0.05) is 30.3 Å². The lowest BCUT2D eigenvalue weighted by Gasteiger charge is -2.36. The zero-order valence-corrected chi connectivity index (χ0v) is 17.9. The summed E-state index contributed by atoms with van der Waals surface area (Å²) in [5.41, 5.74) is 1.28. The van der Waals surface area contributed by atoms with Crippen molar-refractivity contribution in [1.29, 1.82) is 0 Å². The van der Waals surface area contributed by atoms with E-state index in [2.05, 4.69) is 39.9 Å². The topological polar surface area (TPSA) is 101 Å². The maximum atomic E-state index is 12.5. The molecule has 1 aromatic heterocycles. The van der Waals surface area contributed by atoms with Crippen molar-refractivity contribution in [3.8, 4) is 0 Å². The van der Waals surface area contributed by atoms with Crippen molar-refractivity contribution in [1.82, 2.24) is 10.3 Å². The fraction of sp³-hybridized carbons (Fsp3) is 0.375. The van der Waals surface area contributed by atoms with Crippen LogP contribution in [0.1, 0.15) is 37.8 Å². The number of ether oxygens (including phenoxy) is 1. The van der Waals surface area contributed by atoms with Gasteiger partial charge in [-0.2, -0.15) is 0 Å². The Hall–Kier alpha value is -3.19. The van der Waals surface area contributed by atoms with E-state index in [0.29, 0.717) is 11.4 Å². The summed E-state index contributed by atoms with van der Waals surface area (Å²) >= 11 is 0. The molecule has 0 saturated carbocycles. The lowest BCUT2D eigenvalue weighted by Crippen LogP contribution is -2.40. The molecule has 3 rings (SSSR count). The Morgan fingerprint density at radius 2 is 2.03 bits per heavy atom. The largest absolute Gasteiger partial charge is 0.478 e. The van der Waals surface area contributed by atoms with Crippen molar-refractivity contribution in [2.45, 2.75) is 38.7 Å². The maximum absolute atomic E-state index is 12.5.